The molecule has 1 aromatic carbocycles. The van der Waals surface area contributed by atoms with Crippen LogP contribution < -0.4 is 0 Å². The number of carbonyl (C=O) groups excluding carboxylic acids is 1. The summed E-state index contributed by atoms with van der Waals surface area (Å²) in [5.74, 6) is 2.17. The van der Waals surface area contributed by atoms with Gasteiger partial charge < -0.3 is 0 Å². The fourth-order valence-electron chi connectivity index (χ4n) is 3.47. The first kappa shape index (κ1) is 15.9. The van der Waals surface area contributed by atoms with Crippen molar-refractivity contribution in [1.82, 2.24) is 19.6 Å². The second-order valence-corrected chi connectivity index (χ2v) is 7.08. The Morgan fingerprint density at radius 1 is 1.16 bits per heavy atom. The zero-order valence-corrected chi connectivity index (χ0v) is 14.9. The van der Waals surface area contributed by atoms with E-state index in [4.69, 9.17) is 0 Å². The highest BCUT2D eigenvalue weighted by molar-refractivity contribution is 5.98. The Labute approximate surface area is 147 Å². The minimum Gasteiger partial charge on any atom is -0.294 e. The van der Waals surface area contributed by atoms with Crippen LogP contribution in [-0.2, 0) is 12.8 Å². The van der Waals surface area contributed by atoms with Gasteiger partial charge >= 0.3 is 0 Å². The van der Waals surface area contributed by atoms with Crippen LogP contribution in [0.1, 0.15) is 72.0 Å². The molecule has 0 saturated heterocycles. The van der Waals surface area contributed by atoms with Crippen molar-refractivity contribution in [2.45, 2.75) is 51.9 Å². The van der Waals surface area contributed by atoms with Crippen LogP contribution in [0.5, 0.6) is 0 Å². The number of fused-ring (bicyclic) bond motifs is 2. The van der Waals surface area contributed by atoms with Gasteiger partial charge in [-0.15, -0.1) is 5.10 Å². The minimum atomic E-state index is 0.141. The van der Waals surface area contributed by atoms with Crippen LogP contribution in [0, 0.1) is 0 Å². The van der Waals surface area contributed by atoms with Crippen molar-refractivity contribution >= 4 is 11.6 Å². The molecule has 0 radical (unpaired) electrons. The van der Waals surface area contributed by atoms with E-state index in [0.717, 1.165) is 24.4 Å². The molecule has 0 amide bonds. The molecule has 0 spiro atoms. The number of hydrogen-bond donors (Lipinski definition) is 0. The summed E-state index contributed by atoms with van der Waals surface area (Å²) in [7, 11) is 0. The van der Waals surface area contributed by atoms with Crippen LogP contribution in [0.25, 0.3) is 5.78 Å². The molecule has 0 bridgehead atoms. The third-order valence-electron chi connectivity index (χ3n) is 5.02. The maximum absolute atomic E-state index is 12.7. The van der Waals surface area contributed by atoms with Crippen molar-refractivity contribution < 1.29 is 4.79 Å². The van der Waals surface area contributed by atoms with Crippen LogP contribution in [0.4, 0.5) is 0 Å². The molecule has 2 aromatic heterocycles. The van der Waals surface area contributed by atoms with Gasteiger partial charge in [-0.3, -0.25) is 4.79 Å². The van der Waals surface area contributed by atoms with Crippen LogP contribution in [0.2, 0.25) is 0 Å². The lowest BCUT2D eigenvalue weighted by Gasteiger charge is -2.23. The smallest absolute Gasteiger partial charge is 0.252 e. The summed E-state index contributed by atoms with van der Waals surface area (Å²) in [6.45, 7) is 6.39. The van der Waals surface area contributed by atoms with Crippen molar-refractivity contribution in [2.75, 3.05) is 0 Å². The summed E-state index contributed by atoms with van der Waals surface area (Å²) in [5, 5.41) is 4.37. The van der Waals surface area contributed by atoms with Gasteiger partial charge in [0.2, 0.25) is 0 Å². The summed E-state index contributed by atoms with van der Waals surface area (Å²) < 4.78 is 1.63. The zero-order valence-electron chi connectivity index (χ0n) is 14.9. The lowest BCUT2D eigenvalue weighted by atomic mass is 9.81. The summed E-state index contributed by atoms with van der Waals surface area (Å²) in [5.41, 5.74) is 4.06. The molecule has 2 heterocycles. The maximum atomic E-state index is 12.7. The average Bonchev–Trinajstić information content (AvgIpc) is 3.02. The van der Waals surface area contributed by atoms with Crippen molar-refractivity contribution in [3.05, 3.63) is 58.7 Å². The van der Waals surface area contributed by atoms with Gasteiger partial charge in [0.05, 0.1) is 11.3 Å². The highest BCUT2D eigenvalue weighted by Gasteiger charge is 2.28. The molecular formula is C20H22N4O. The predicted molar refractivity (Wildman–Crippen MR) is 96.1 cm³/mol. The van der Waals surface area contributed by atoms with E-state index in [2.05, 4.69) is 53.2 Å². The van der Waals surface area contributed by atoms with Gasteiger partial charge in [-0.2, -0.15) is 4.98 Å². The monoisotopic (exact) mass is 334 g/mol. The summed E-state index contributed by atoms with van der Waals surface area (Å²) in [6, 6.07) is 8.65. The van der Waals surface area contributed by atoms with E-state index < -0.39 is 0 Å². The summed E-state index contributed by atoms with van der Waals surface area (Å²) in [6.07, 6.45) is 3.85. The molecule has 4 rings (SSSR count). The third kappa shape index (κ3) is 2.84. The second kappa shape index (κ2) is 6.06. The van der Waals surface area contributed by atoms with Gasteiger partial charge in [0.25, 0.3) is 5.78 Å². The van der Waals surface area contributed by atoms with Gasteiger partial charge in [0, 0.05) is 19.0 Å². The summed E-state index contributed by atoms with van der Waals surface area (Å²) >= 11 is 0. The predicted octanol–water partition coefficient (Wildman–Crippen LogP) is 3.72. The van der Waals surface area contributed by atoms with Gasteiger partial charge in [0.1, 0.15) is 0 Å². The molecule has 0 aliphatic heterocycles. The number of aryl methyl sites for hydroxylation is 1. The molecule has 0 unspecified atom stereocenters. The van der Waals surface area contributed by atoms with Gasteiger partial charge in [-0.1, -0.05) is 45.0 Å². The number of aromatic nitrogens is 4. The Morgan fingerprint density at radius 2 is 1.92 bits per heavy atom. The van der Waals surface area contributed by atoms with E-state index >= 15 is 0 Å². The number of nitrogens with zero attached hydrogens (tertiary/aromatic N) is 4. The average molecular weight is 334 g/mol. The largest absolute Gasteiger partial charge is 0.294 e. The first-order valence-electron chi connectivity index (χ1n) is 8.93. The van der Waals surface area contributed by atoms with Crippen molar-refractivity contribution in [3.8, 4) is 0 Å². The Hall–Kier alpha value is -2.56. The number of rotatable bonds is 3. The minimum absolute atomic E-state index is 0.141. The van der Waals surface area contributed by atoms with Gasteiger partial charge in [0.15, 0.2) is 11.6 Å². The molecule has 0 saturated carbocycles. The number of benzene rings is 1. The molecule has 1 atom stereocenters. The van der Waals surface area contributed by atoms with Gasteiger partial charge in [-0.25, -0.2) is 9.50 Å². The third-order valence-corrected chi connectivity index (χ3v) is 5.02. The Balaban J connectivity index is 1.68. The first-order valence-corrected chi connectivity index (χ1v) is 8.93. The Morgan fingerprint density at radius 3 is 2.60 bits per heavy atom. The molecule has 5 heteroatoms. The van der Waals surface area contributed by atoms with Crippen molar-refractivity contribution in [2.24, 2.45) is 0 Å². The standard InChI is InChI=1S/C20H22N4O/c1-4-19-22-20-21-17-9-15(10-18(25)16(17)11-24(20)23-19)14-7-5-13(6-8-14)12(2)3/h5-8,11-12,15H,4,9-10H2,1-3H3/t15-/m0/s1. The number of hydrogen-bond acceptors (Lipinski definition) is 4. The zero-order chi connectivity index (χ0) is 17.6. The normalized spacial score (nSPS) is 17.3. The fraction of sp³-hybridized carbons (Fsp3) is 0.400. The lowest BCUT2D eigenvalue weighted by molar-refractivity contribution is 0.0962. The molecule has 1 aliphatic rings. The molecule has 128 valence electrons. The second-order valence-electron chi connectivity index (χ2n) is 7.08. The highest BCUT2D eigenvalue weighted by atomic mass is 16.1. The number of carbonyl (C=O) groups is 1. The molecule has 0 N–H and O–H groups in total. The van der Waals surface area contributed by atoms with E-state index in [0.29, 0.717) is 23.7 Å². The van der Waals surface area contributed by atoms with E-state index in [1.54, 1.807) is 10.7 Å². The van der Waals surface area contributed by atoms with Crippen LogP contribution in [-0.4, -0.2) is 25.4 Å². The number of Topliss-reactive ketones (excluding diaryl/α,β-unsaturated/α-hetero) is 1. The molecular weight excluding hydrogens is 312 g/mol. The molecule has 3 aromatic rings. The highest BCUT2D eigenvalue weighted by Crippen LogP contribution is 2.32. The van der Waals surface area contributed by atoms with E-state index in [9.17, 15) is 4.79 Å². The molecule has 1 aliphatic carbocycles. The van der Waals surface area contributed by atoms with Crippen LogP contribution in [0.15, 0.2) is 30.5 Å². The van der Waals surface area contributed by atoms with E-state index in [1.807, 2.05) is 6.92 Å². The topological polar surface area (TPSA) is 60.1 Å². The van der Waals surface area contributed by atoms with Crippen LogP contribution in [0.3, 0.4) is 0 Å². The Bertz CT molecular complexity index is 940. The fourth-order valence-corrected chi connectivity index (χ4v) is 3.47. The van der Waals surface area contributed by atoms with Gasteiger partial charge in [-0.05, 0) is 29.4 Å². The van der Waals surface area contributed by atoms with E-state index in [1.165, 1.54) is 11.1 Å². The van der Waals surface area contributed by atoms with Crippen molar-refractivity contribution in [3.63, 3.8) is 0 Å². The Kier molecular flexibility index (Phi) is 3.86. The van der Waals surface area contributed by atoms with E-state index in [-0.39, 0.29) is 11.7 Å². The maximum Gasteiger partial charge on any atom is 0.252 e. The molecule has 5 nitrogen and oxygen atoms in total. The SMILES string of the molecule is CCc1nc2nc3c(cn2n1)C(=O)C[C@@H](c1ccc(C(C)C)cc1)C3. The quantitative estimate of drug-likeness (QED) is 0.732. The summed E-state index contributed by atoms with van der Waals surface area (Å²) in [4.78, 5) is 21.7. The number of ketones is 1. The van der Waals surface area contributed by atoms with Crippen molar-refractivity contribution in [1.29, 1.82) is 0 Å². The first-order chi connectivity index (χ1) is 12.0. The lowest BCUT2D eigenvalue weighted by Crippen LogP contribution is -2.21. The van der Waals surface area contributed by atoms with Crippen LogP contribution >= 0.6 is 0 Å². The molecule has 0 fully saturated rings. The molecule has 25 heavy (non-hydrogen) atoms.